The molecule has 7 heteroatoms. The molecule has 0 aromatic carbocycles. The van der Waals surface area contributed by atoms with Gasteiger partial charge in [-0.2, -0.15) is 0 Å². The Kier molecular flexibility index (Phi) is 6.75. The van der Waals surface area contributed by atoms with Gasteiger partial charge in [0.2, 0.25) is 17.7 Å². The summed E-state index contributed by atoms with van der Waals surface area (Å²) in [7, 11) is 0. The predicted octanol–water partition coefficient (Wildman–Crippen LogP) is 3.47. The van der Waals surface area contributed by atoms with E-state index in [1.807, 2.05) is 19.1 Å². The van der Waals surface area contributed by atoms with Crippen LogP contribution >= 0.6 is 0 Å². The highest BCUT2D eigenvalue weighted by Gasteiger charge is 2.76. The summed E-state index contributed by atoms with van der Waals surface area (Å²) >= 11 is 0. The van der Waals surface area contributed by atoms with Crippen LogP contribution in [0.3, 0.4) is 0 Å². The molecule has 2 N–H and O–H groups in total. The number of fused-ring (bicyclic) bond motifs is 1. The standard InChI is InChI=1S/C28H43N3O4/c1-18(2)14-17-31-23(25(33)30-20-12-8-5-9-13-20)28-16-15-27(3,35-28)21(22(28)26(31)34)24(32)29-19-10-6-4-7-11-19/h15-16,18-23H,4-14,17H2,1-3H3,(H,29,32)(H,30,33)/t21-,22+,23+,27+,28+/m0/s1. The Bertz CT molecular complexity index is 875. The van der Waals surface area contributed by atoms with Crippen molar-refractivity contribution in [1.82, 2.24) is 15.5 Å². The zero-order valence-corrected chi connectivity index (χ0v) is 21.7. The van der Waals surface area contributed by atoms with Crippen molar-refractivity contribution in [3.05, 3.63) is 12.2 Å². The highest BCUT2D eigenvalue weighted by atomic mass is 16.5. The number of rotatable bonds is 7. The van der Waals surface area contributed by atoms with Gasteiger partial charge >= 0.3 is 0 Å². The quantitative estimate of drug-likeness (QED) is 0.541. The van der Waals surface area contributed by atoms with E-state index < -0.39 is 29.1 Å². The summed E-state index contributed by atoms with van der Waals surface area (Å²) in [4.78, 5) is 43.2. The minimum atomic E-state index is -1.07. The molecule has 2 aliphatic carbocycles. The zero-order valence-electron chi connectivity index (χ0n) is 21.7. The molecule has 5 atom stereocenters. The summed E-state index contributed by atoms with van der Waals surface area (Å²) in [6.07, 6.45) is 15.5. The third kappa shape index (κ3) is 4.32. The predicted molar refractivity (Wildman–Crippen MR) is 133 cm³/mol. The monoisotopic (exact) mass is 485 g/mol. The maximum atomic E-state index is 14.0. The van der Waals surface area contributed by atoms with Crippen molar-refractivity contribution in [1.29, 1.82) is 0 Å². The van der Waals surface area contributed by atoms with Gasteiger partial charge in [-0.3, -0.25) is 14.4 Å². The summed E-state index contributed by atoms with van der Waals surface area (Å²) < 4.78 is 6.63. The topological polar surface area (TPSA) is 87.7 Å². The number of carbonyl (C=O) groups is 3. The van der Waals surface area contributed by atoms with Crippen LogP contribution < -0.4 is 10.6 Å². The molecule has 0 aromatic rings. The molecule has 2 saturated heterocycles. The first kappa shape index (κ1) is 24.8. The van der Waals surface area contributed by atoms with Crippen molar-refractivity contribution < 1.29 is 19.1 Å². The molecule has 0 unspecified atom stereocenters. The van der Waals surface area contributed by atoms with Gasteiger partial charge in [0, 0.05) is 18.6 Å². The zero-order chi connectivity index (χ0) is 24.8. The van der Waals surface area contributed by atoms with Gasteiger partial charge in [-0.05, 0) is 44.9 Å². The lowest BCUT2D eigenvalue weighted by molar-refractivity contribution is -0.145. The van der Waals surface area contributed by atoms with E-state index in [2.05, 4.69) is 24.5 Å². The Balaban J connectivity index is 1.43. The molecule has 194 valence electrons. The largest absolute Gasteiger partial charge is 0.356 e. The normalized spacial score (nSPS) is 37.2. The van der Waals surface area contributed by atoms with Gasteiger partial charge in [0.15, 0.2) is 0 Å². The molecule has 3 aliphatic heterocycles. The summed E-state index contributed by atoms with van der Waals surface area (Å²) in [5.41, 5.74) is -1.94. The first-order chi connectivity index (χ1) is 16.7. The molecule has 5 rings (SSSR count). The Morgan fingerprint density at radius 1 is 0.971 bits per heavy atom. The van der Waals surface area contributed by atoms with Crippen LogP contribution in [0.25, 0.3) is 0 Å². The Morgan fingerprint density at radius 2 is 1.54 bits per heavy atom. The van der Waals surface area contributed by atoms with E-state index in [0.29, 0.717) is 12.5 Å². The lowest BCUT2D eigenvalue weighted by atomic mass is 9.70. The number of amides is 3. The maximum absolute atomic E-state index is 14.0. The van der Waals surface area contributed by atoms with Crippen LogP contribution in [0.4, 0.5) is 0 Å². The maximum Gasteiger partial charge on any atom is 0.246 e. The summed E-state index contributed by atoms with van der Waals surface area (Å²) in [5.74, 6) is -1.20. The Labute approximate surface area is 209 Å². The van der Waals surface area contributed by atoms with Gasteiger partial charge in [-0.25, -0.2) is 0 Å². The average Bonchev–Trinajstić information content (AvgIpc) is 3.39. The smallest absolute Gasteiger partial charge is 0.246 e. The molecule has 0 aromatic heterocycles. The molecule has 5 aliphatic rings. The van der Waals surface area contributed by atoms with Crippen LogP contribution in [0.2, 0.25) is 0 Å². The third-order valence-electron chi connectivity index (χ3n) is 9.18. The van der Waals surface area contributed by atoms with Crippen LogP contribution in [0.1, 0.15) is 91.4 Å². The van der Waals surface area contributed by atoms with Crippen molar-refractivity contribution in [2.24, 2.45) is 17.8 Å². The van der Waals surface area contributed by atoms with E-state index in [-0.39, 0.29) is 29.8 Å². The molecule has 3 heterocycles. The lowest BCUT2D eigenvalue weighted by Crippen LogP contribution is -2.56. The summed E-state index contributed by atoms with van der Waals surface area (Å²) in [5, 5.41) is 6.52. The molecule has 3 amide bonds. The van der Waals surface area contributed by atoms with Gasteiger partial charge in [0.25, 0.3) is 0 Å². The number of hydrogen-bond acceptors (Lipinski definition) is 4. The lowest BCUT2D eigenvalue weighted by Gasteiger charge is -2.35. The molecule has 35 heavy (non-hydrogen) atoms. The van der Waals surface area contributed by atoms with Gasteiger partial charge in [-0.1, -0.05) is 64.5 Å². The SMILES string of the molecule is CC(C)CCN1C(=O)[C@H]2[C@@H](C(=O)NC3CCCCC3)[C@@]3(C)C=C[C@]2(O3)[C@H]1C(=O)NC1CCCCC1. The van der Waals surface area contributed by atoms with Gasteiger partial charge < -0.3 is 20.3 Å². The van der Waals surface area contributed by atoms with Gasteiger partial charge in [0.05, 0.1) is 17.4 Å². The molecule has 4 fully saturated rings. The number of likely N-dealkylation sites (tertiary alicyclic amines) is 1. The molecular formula is C28H43N3O4. The van der Waals surface area contributed by atoms with Gasteiger partial charge in [0.1, 0.15) is 11.6 Å². The molecule has 1 spiro atoms. The van der Waals surface area contributed by atoms with E-state index in [1.165, 1.54) is 12.8 Å². The first-order valence-corrected chi connectivity index (χ1v) is 14.1. The van der Waals surface area contributed by atoms with Crippen molar-refractivity contribution in [2.45, 2.75) is 121 Å². The fourth-order valence-electron chi connectivity index (χ4n) is 7.33. The number of carbonyl (C=O) groups excluding carboxylic acids is 3. The van der Waals surface area contributed by atoms with Crippen LogP contribution in [-0.4, -0.2) is 58.5 Å². The van der Waals surface area contributed by atoms with Crippen molar-refractivity contribution in [3.8, 4) is 0 Å². The average molecular weight is 486 g/mol. The van der Waals surface area contributed by atoms with Gasteiger partial charge in [-0.15, -0.1) is 0 Å². The second-order valence-electron chi connectivity index (χ2n) is 12.2. The number of ether oxygens (including phenoxy) is 1. The highest BCUT2D eigenvalue weighted by Crippen LogP contribution is 2.59. The number of hydrogen-bond donors (Lipinski definition) is 2. The fourth-order valence-corrected chi connectivity index (χ4v) is 7.33. The molecule has 2 saturated carbocycles. The van der Waals surface area contributed by atoms with E-state index in [4.69, 9.17) is 4.74 Å². The molecule has 0 radical (unpaired) electrons. The third-order valence-corrected chi connectivity index (χ3v) is 9.18. The van der Waals surface area contributed by atoms with E-state index in [0.717, 1.165) is 57.8 Å². The first-order valence-electron chi connectivity index (χ1n) is 14.1. The number of nitrogens with zero attached hydrogens (tertiary/aromatic N) is 1. The van der Waals surface area contributed by atoms with Crippen molar-refractivity contribution >= 4 is 17.7 Å². The van der Waals surface area contributed by atoms with Crippen LogP contribution in [0.15, 0.2) is 12.2 Å². The molecule has 7 nitrogen and oxygen atoms in total. The molecule has 2 bridgehead atoms. The van der Waals surface area contributed by atoms with Crippen molar-refractivity contribution in [3.63, 3.8) is 0 Å². The minimum absolute atomic E-state index is 0.0962. The number of nitrogens with one attached hydrogen (secondary N) is 2. The van der Waals surface area contributed by atoms with E-state index >= 15 is 0 Å². The Hall–Kier alpha value is -1.89. The van der Waals surface area contributed by atoms with Crippen molar-refractivity contribution in [2.75, 3.05) is 6.54 Å². The highest BCUT2D eigenvalue weighted by molar-refractivity contribution is 6.00. The van der Waals surface area contributed by atoms with E-state index in [1.54, 1.807) is 4.90 Å². The van der Waals surface area contributed by atoms with Crippen LogP contribution in [-0.2, 0) is 19.1 Å². The van der Waals surface area contributed by atoms with Crippen LogP contribution in [0, 0.1) is 17.8 Å². The second kappa shape index (κ2) is 9.53. The second-order valence-corrected chi connectivity index (χ2v) is 12.2. The Morgan fingerprint density at radius 3 is 2.11 bits per heavy atom. The minimum Gasteiger partial charge on any atom is -0.356 e. The van der Waals surface area contributed by atoms with E-state index in [9.17, 15) is 14.4 Å². The summed E-state index contributed by atoms with van der Waals surface area (Å²) in [6, 6.07) is -0.415. The molecular weight excluding hydrogens is 442 g/mol. The van der Waals surface area contributed by atoms with Crippen LogP contribution in [0.5, 0.6) is 0 Å². The fraction of sp³-hybridized carbons (Fsp3) is 0.821. The summed E-state index contributed by atoms with van der Waals surface area (Å²) in [6.45, 7) is 6.66.